The topological polar surface area (TPSA) is 57.4 Å². The number of nitrogens with two attached hydrogens (primary N) is 1. The Hall–Kier alpha value is -2.28. The first-order valence-electron chi connectivity index (χ1n) is 6.53. The third-order valence-corrected chi connectivity index (χ3v) is 3.63. The Morgan fingerprint density at radius 2 is 2.05 bits per heavy atom. The lowest BCUT2D eigenvalue weighted by molar-refractivity contribution is -0.272. The molecule has 1 aromatic carbocycles. The lowest BCUT2D eigenvalue weighted by Gasteiger charge is -2.27. The van der Waals surface area contributed by atoms with Crippen LogP contribution in [0.1, 0.15) is 18.1 Å². The summed E-state index contributed by atoms with van der Waals surface area (Å²) in [7, 11) is 0. The van der Waals surface area contributed by atoms with E-state index in [1.165, 1.54) is 12.3 Å². The Morgan fingerprint density at radius 1 is 1.27 bits per heavy atom. The molecule has 116 valence electrons. The van der Waals surface area contributed by atoms with Gasteiger partial charge in [-0.15, -0.1) is 0 Å². The first kappa shape index (κ1) is 14.6. The standard InChI is InChI=1S/C15H13F3N2O2/c1-14(15(16,17)18)12-6-11(4-2-9(12)8-21-14)22-13-5-3-10(19)7-20-13/h2-7H,8,19H2,1H3/t14-/m0/s1. The molecule has 7 heteroatoms. The van der Waals surface area contributed by atoms with Crippen LogP contribution in [-0.4, -0.2) is 11.2 Å². The van der Waals surface area contributed by atoms with Crippen LogP contribution in [0.5, 0.6) is 11.6 Å². The smallest absolute Gasteiger partial charge is 0.421 e. The van der Waals surface area contributed by atoms with Crippen molar-refractivity contribution in [2.45, 2.75) is 25.3 Å². The second-order valence-corrected chi connectivity index (χ2v) is 5.17. The molecule has 0 radical (unpaired) electrons. The number of anilines is 1. The number of hydrogen-bond acceptors (Lipinski definition) is 4. The fourth-order valence-electron chi connectivity index (χ4n) is 2.30. The Bertz CT molecular complexity index is 701. The molecule has 2 N–H and O–H groups in total. The van der Waals surface area contributed by atoms with Crippen LogP contribution >= 0.6 is 0 Å². The first-order valence-corrected chi connectivity index (χ1v) is 6.53. The average molecular weight is 310 g/mol. The zero-order valence-electron chi connectivity index (χ0n) is 11.6. The number of nitrogen functional groups attached to an aromatic ring is 1. The van der Waals surface area contributed by atoms with Crippen LogP contribution < -0.4 is 10.5 Å². The number of alkyl halides is 3. The van der Waals surface area contributed by atoms with Crippen LogP contribution in [-0.2, 0) is 16.9 Å². The van der Waals surface area contributed by atoms with Gasteiger partial charge in [0.05, 0.1) is 18.5 Å². The summed E-state index contributed by atoms with van der Waals surface area (Å²) in [5, 5.41) is 0. The molecule has 4 nitrogen and oxygen atoms in total. The second-order valence-electron chi connectivity index (χ2n) is 5.17. The van der Waals surface area contributed by atoms with E-state index in [0.29, 0.717) is 11.3 Å². The van der Waals surface area contributed by atoms with Crippen molar-refractivity contribution < 1.29 is 22.6 Å². The van der Waals surface area contributed by atoms with E-state index in [0.717, 1.165) is 6.92 Å². The van der Waals surface area contributed by atoms with Crippen molar-refractivity contribution in [3.63, 3.8) is 0 Å². The lowest BCUT2D eigenvalue weighted by atomic mass is 9.93. The number of rotatable bonds is 2. The summed E-state index contributed by atoms with van der Waals surface area (Å²) in [5.41, 5.74) is 4.23. The van der Waals surface area contributed by atoms with Crippen molar-refractivity contribution in [1.29, 1.82) is 0 Å². The third kappa shape index (κ3) is 2.37. The summed E-state index contributed by atoms with van der Waals surface area (Å²) in [5.74, 6) is 0.513. The van der Waals surface area contributed by atoms with E-state index < -0.39 is 11.8 Å². The maximum absolute atomic E-state index is 13.2. The minimum absolute atomic E-state index is 0.0629. The Kier molecular flexibility index (Phi) is 3.25. The van der Waals surface area contributed by atoms with Crippen molar-refractivity contribution in [1.82, 2.24) is 4.98 Å². The normalized spacial score (nSPS) is 20.7. The predicted molar refractivity (Wildman–Crippen MR) is 73.4 cm³/mol. The Labute approximate surface area is 124 Å². The predicted octanol–water partition coefficient (Wildman–Crippen LogP) is 3.76. The molecular weight excluding hydrogens is 297 g/mol. The van der Waals surface area contributed by atoms with Gasteiger partial charge in [-0.1, -0.05) is 6.07 Å². The van der Waals surface area contributed by atoms with Gasteiger partial charge in [0.25, 0.3) is 0 Å². The van der Waals surface area contributed by atoms with Gasteiger partial charge in [-0.3, -0.25) is 0 Å². The van der Waals surface area contributed by atoms with Gasteiger partial charge >= 0.3 is 6.18 Å². The first-order chi connectivity index (χ1) is 10.3. The molecule has 1 atom stereocenters. The monoisotopic (exact) mass is 310 g/mol. The minimum Gasteiger partial charge on any atom is -0.439 e. The van der Waals surface area contributed by atoms with Gasteiger partial charge in [-0.05, 0) is 30.7 Å². The lowest BCUT2D eigenvalue weighted by Crippen LogP contribution is -2.38. The van der Waals surface area contributed by atoms with E-state index in [1.807, 2.05) is 0 Å². The molecule has 0 aliphatic carbocycles. The number of nitrogens with zero attached hydrogens (tertiary/aromatic N) is 1. The van der Waals surface area contributed by atoms with Crippen molar-refractivity contribution in [2.24, 2.45) is 0 Å². The summed E-state index contributed by atoms with van der Waals surface area (Å²) < 4.78 is 50.2. The SMILES string of the molecule is C[C@]1(C(F)(F)F)OCc2ccc(Oc3ccc(N)cn3)cc21. The third-order valence-electron chi connectivity index (χ3n) is 3.63. The summed E-state index contributed by atoms with van der Waals surface area (Å²) in [6, 6.07) is 7.63. The van der Waals surface area contributed by atoms with E-state index in [9.17, 15) is 13.2 Å². The second kappa shape index (κ2) is 4.88. The highest BCUT2D eigenvalue weighted by atomic mass is 19.4. The van der Waals surface area contributed by atoms with Crippen LogP contribution in [0.2, 0.25) is 0 Å². The molecule has 2 heterocycles. The van der Waals surface area contributed by atoms with Gasteiger partial charge in [0.15, 0.2) is 5.60 Å². The number of benzene rings is 1. The van der Waals surface area contributed by atoms with Gasteiger partial charge in [0, 0.05) is 11.6 Å². The zero-order chi connectivity index (χ0) is 16.0. The number of halogens is 3. The van der Waals surface area contributed by atoms with Gasteiger partial charge in [-0.25, -0.2) is 4.98 Å². The van der Waals surface area contributed by atoms with Gasteiger partial charge in [0.1, 0.15) is 5.75 Å². The van der Waals surface area contributed by atoms with Crippen LogP contribution in [0.4, 0.5) is 18.9 Å². The average Bonchev–Trinajstić information content (AvgIpc) is 2.80. The van der Waals surface area contributed by atoms with Crippen molar-refractivity contribution in [3.05, 3.63) is 47.7 Å². The minimum atomic E-state index is -4.50. The van der Waals surface area contributed by atoms with Crippen molar-refractivity contribution >= 4 is 5.69 Å². The van der Waals surface area contributed by atoms with Gasteiger partial charge in [-0.2, -0.15) is 13.2 Å². The maximum Gasteiger partial charge on any atom is 0.421 e. The fraction of sp³-hybridized carbons (Fsp3) is 0.267. The van der Waals surface area contributed by atoms with E-state index in [-0.39, 0.29) is 23.8 Å². The molecule has 0 unspecified atom stereocenters. The summed E-state index contributed by atoms with van der Waals surface area (Å²) >= 11 is 0. The highest BCUT2D eigenvalue weighted by molar-refractivity contribution is 5.44. The number of hydrogen-bond donors (Lipinski definition) is 1. The molecule has 1 aliphatic rings. The Balaban J connectivity index is 1.94. The van der Waals surface area contributed by atoms with E-state index >= 15 is 0 Å². The molecule has 0 spiro atoms. The van der Waals surface area contributed by atoms with Crippen LogP contribution in [0.25, 0.3) is 0 Å². The van der Waals surface area contributed by atoms with Crippen LogP contribution in [0, 0.1) is 0 Å². The molecule has 1 aliphatic heterocycles. The highest BCUT2D eigenvalue weighted by Crippen LogP contribution is 2.48. The highest BCUT2D eigenvalue weighted by Gasteiger charge is 2.57. The number of fused-ring (bicyclic) bond motifs is 1. The van der Waals surface area contributed by atoms with E-state index in [1.54, 1.807) is 24.3 Å². The molecule has 2 aromatic rings. The summed E-state index contributed by atoms with van der Waals surface area (Å²) in [4.78, 5) is 3.95. The number of pyridine rings is 1. The maximum atomic E-state index is 13.2. The van der Waals surface area contributed by atoms with Crippen LogP contribution in [0.3, 0.4) is 0 Å². The number of aromatic nitrogens is 1. The van der Waals surface area contributed by atoms with E-state index in [4.69, 9.17) is 15.2 Å². The molecule has 3 rings (SSSR count). The Morgan fingerprint density at radius 3 is 2.68 bits per heavy atom. The quantitative estimate of drug-likeness (QED) is 0.917. The van der Waals surface area contributed by atoms with Gasteiger partial charge < -0.3 is 15.2 Å². The van der Waals surface area contributed by atoms with Gasteiger partial charge in [0.2, 0.25) is 5.88 Å². The molecular formula is C15H13F3N2O2. The zero-order valence-corrected chi connectivity index (χ0v) is 11.6. The summed E-state index contributed by atoms with van der Waals surface area (Å²) in [6.07, 6.45) is -3.10. The number of ether oxygens (including phenoxy) is 2. The molecule has 0 saturated carbocycles. The van der Waals surface area contributed by atoms with Crippen molar-refractivity contribution in [2.75, 3.05) is 5.73 Å². The molecule has 0 fully saturated rings. The van der Waals surface area contributed by atoms with Crippen LogP contribution in [0.15, 0.2) is 36.5 Å². The summed E-state index contributed by atoms with van der Waals surface area (Å²) in [6.45, 7) is 0.940. The largest absolute Gasteiger partial charge is 0.439 e. The molecule has 22 heavy (non-hydrogen) atoms. The molecule has 0 bridgehead atoms. The van der Waals surface area contributed by atoms with Crippen molar-refractivity contribution in [3.8, 4) is 11.6 Å². The fourth-order valence-corrected chi connectivity index (χ4v) is 2.30. The molecule has 0 amide bonds. The molecule has 0 saturated heterocycles. The van der Waals surface area contributed by atoms with E-state index in [2.05, 4.69) is 4.98 Å². The molecule has 1 aromatic heterocycles.